The molecule has 1 aliphatic carbocycles. The normalized spacial score (nSPS) is 23.9. The highest BCUT2D eigenvalue weighted by molar-refractivity contribution is 9.09. The number of hydrogen-bond acceptors (Lipinski definition) is 2. The molecule has 0 aliphatic heterocycles. The molecule has 0 unspecified atom stereocenters. The highest BCUT2D eigenvalue weighted by Crippen LogP contribution is 2.33. The van der Waals surface area contributed by atoms with E-state index in [0.29, 0.717) is 10.7 Å². The number of alkyl halides is 1. The van der Waals surface area contributed by atoms with Crippen molar-refractivity contribution in [1.82, 2.24) is 4.90 Å². The van der Waals surface area contributed by atoms with Crippen LogP contribution in [-0.2, 0) is 0 Å². The first kappa shape index (κ1) is 12.1. The minimum absolute atomic E-state index is 0.163. The lowest BCUT2D eigenvalue weighted by atomic mass is 9.85. The van der Waals surface area contributed by atoms with E-state index in [-0.39, 0.29) is 5.91 Å². The molecule has 0 atom stereocenters. The van der Waals surface area contributed by atoms with E-state index in [1.165, 1.54) is 17.7 Å². The molecule has 0 spiro atoms. The van der Waals surface area contributed by atoms with Gasteiger partial charge in [0.05, 0.1) is 4.88 Å². The number of hydrogen-bond donors (Lipinski definition) is 0. The molecule has 0 bridgehead atoms. The summed E-state index contributed by atoms with van der Waals surface area (Å²) in [6.07, 6.45) is 2.39. The third kappa shape index (κ3) is 2.66. The van der Waals surface area contributed by atoms with Gasteiger partial charge in [-0.1, -0.05) is 15.9 Å². The number of aryl methyl sites for hydroxylation is 1. The predicted octanol–water partition coefficient (Wildman–Crippen LogP) is 3.30. The molecule has 1 aromatic heterocycles. The van der Waals surface area contributed by atoms with Crippen LogP contribution < -0.4 is 0 Å². The fourth-order valence-corrected chi connectivity index (χ4v) is 3.93. The van der Waals surface area contributed by atoms with Crippen molar-refractivity contribution < 1.29 is 4.79 Å². The van der Waals surface area contributed by atoms with Crippen molar-refractivity contribution in [3.63, 3.8) is 0 Å². The highest BCUT2D eigenvalue weighted by Gasteiger charge is 2.29. The zero-order chi connectivity index (χ0) is 11.7. The fraction of sp³-hybridized carbons (Fsp3) is 0.583. The summed E-state index contributed by atoms with van der Waals surface area (Å²) < 4.78 is 0. The van der Waals surface area contributed by atoms with Gasteiger partial charge in [-0.2, -0.15) is 0 Å². The van der Waals surface area contributed by atoms with Gasteiger partial charge in [-0.15, -0.1) is 11.3 Å². The molecule has 0 aromatic carbocycles. The van der Waals surface area contributed by atoms with Gasteiger partial charge in [0, 0.05) is 23.3 Å². The van der Waals surface area contributed by atoms with Crippen LogP contribution in [0.15, 0.2) is 12.1 Å². The van der Waals surface area contributed by atoms with E-state index >= 15 is 0 Å². The Kier molecular flexibility index (Phi) is 3.70. The number of amides is 1. The van der Waals surface area contributed by atoms with Crippen LogP contribution in [0.3, 0.4) is 0 Å². The fourth-order valence-electron chi connectivity index (χ4n) is 2.01. The van der Waals surface area contributed by atoms with Crippen molar-refractivity contribution in [2.45, 2.75) is 24.6 Å². The van der Waals surface area contributed by atoms with Gasteiger partial charge in [-0.3, -0.25) is 4.79 Å². The Morgan fingerprint density at radius 1 is 1.56 bits per heavy atom. The van der Waals surface area contributed by atoms with E-state index in [1.807, 2.05) is 31.0 Å². The molecule has 4 heteroatoms. The maximum atomic E-state index is 12.0. The zero-order valence-corrected chi connectivity index (χ0v) is 12.0. The molecular formula is C12H16BrNOS. The van der Waals surface area contributed by atoms with Gasteiger partial charge in [0.2, 0.25) is 0 Å². The molecule has 1 saturated carbocycles. The second-order valence-electron chi connectivity index (χ2n) is 4.53. The van der Waals surface area contributed by atoms with Crippen LogP contribution in [0, 0.1) is 12.8 Å². The molecule has 2 rings (SSSR count). The molecule has 1 heterocycles. The Bertz CT molecular complexity index is 384. The Hall–Kier alpha value is -0.350. The van der Waals surface area contributed by atoms with Gasteiger partial charge < -0.3 is 4.90 Å². The number of nitrogens with zero attached hydrogens (tertiary/aromatic N) is 1. The van der Waals surface area contributed by atoms with Crippen molar-refractivity contribution in [2.24, 2.45) is 5.92 Å². The van der Waals surface area contributed by atoms with Crippen LogP contribution in [0.1, 0.15) is 27.4 Å². The second kappa shape index (κ2) is 4.88. The SMILES string of the molecule is Cc1ccc(C(=O)N(C)CC2CC(Br)C2)s1. The Morgan fingerprint density at radius 3 is 2.75 bits per heavy atom. The molecule has 1 fully saturated rings. The number of carbonyl (C=O) groups is 1. The van der Waals surface area contributed by atoms with Crippen LogP contribution in [-0.4, -0.2) is 29.2 Å². The number of rotatable bonds is 3. The largest absolute Gasteiger partial charge is 0.341 e. The van der Waals surface area contributed by atoms with E-state index < -0.39 is 0 Å². The molecule has 1 amide bonds. The first-order chi connectivity index (χ1) is 7.56. The average molecular weight is 302 g/mol. The van der Waals surface area contributed by atoms with Crippen molar-refractivity contribution >= 4 is 33.2 Å². The van der Waals surface area contributed by atoms with Crippen molar-refractivity contribution in [3.05, 3.63) is 21.9 Å². The summed E-state index contributed by atoms with van der Waals surface area (Å²) in [4.78, 5) is 16.6. The van der Waals surface area contributed by atoms with E-state index in [0.717, 1.165) is 11.4 Å². The number of halogens is 1. The molecule has 0 N–H and O–H groups in total. The predicted molar refractivity (Wildman–Crippen MR) is 71.5 cm³/mol. The Balaban J connectivity index is 1.89. The smallest absolute Gasteiger partial charge is 0.263 e. The monoisotopic (exact) mass is 301 g/mol. The number of carbonyl (C=O) groups excluding carboxylic acids is 1. The maximum Gasteiger partial charge on any atom is 0.263 e. The van der Waals surface area contributed by atoms with Crippen LogP contribution in [0.25, 0.3) is 0 Å². The second-order valence-corrected chi connectivity index (χ2v) is 7.11. The summed E-state index contributed by atoms with van der Waals surface area (Å²) in [5.41, 5.74) is 0. The maximum absolute atomic E-state index is 12.0. The summed E-state index contributed by atoms with van der Waals surface area (Å²) in [7, 11) is 1.90. The van der Waals surface area contributed by atoms with E-state index in [1.54, 1.807) is 11.3 Å². The molecule has 0 saturated heterocycles. The lowest BCUT2D eigenvalue weighted by Gasteiger charge is -2.34. The van der Waals surface area contributed by atoms with Crippen molar-refractivity contribution in [3.8, 4) is 0 Å². The molecule has 88 valence electrons. The first-order valence-corrected chi connectivity index (χ1v) is 7.25. The van der Waals surface area contributed by atoms with Crippen LogP contribution >= 0.6 is 27.3 Å². The number of thiophene rings is 1. The topological polar surface area (TPSA) is 20.3 Å². The first-order valence-electron chi connectivity index (χ1n) is 5.52. The minimum Gasteiger partial charge on any atom is -0.341 e. The lowest BCUT2D eigenvalue weighted by molar-refractivity contribution is 0.0753. The average Bonchev–Trinajstić information content (AvgIpc) is 2.61. The van der Waals surface area contributed by atoms with Gasteiger partial charge in [0.25, 0.3) is 5.91 Å². The summed E-state index contributed by atoms with van der Waals surface area (Å²) in [5, 5.41) is 0. The summed E-state index contributed by atoms with van der Waals surface area (Å²) in [5.74, 6) is 0.843. The summed E-state index contributed by atoms with van der Waals surface area (Å²) in [6, 6.07) is 3.93. The van der Waals surface area contributed by atoms with Gasteiger partial charge in [0.15, 0.2) is 0 Å². The van der Waals surface area contributed by atoms with E-state index in [9.17, 15) is 4.79 Å². The highest BCUT2D eigenvalue weighted by atomic mass is 79.9. The van der Waals surface area contributed by atoms with Gasteiger partial charge in [-0.25, -0.2) is 0 Å². The lowest BCUT2D eigenvalue weighted by Crippen LogP contribution is -2.37. The van der Waals surface area contributed by atoms with Gasteiger partial charge >= 0.3 is 0 Å². The van der Waals surface area contributed by atoms with Crippen molar-refractivity contribution in [2.75, 3.05) is 13.6 Å². The molecule has 0 radical (unpaired) electrons. The quantitative estimate of drug-likeness (QED) is 0.785. The summed E-state index contributed by atoms with van der Waals surface area (Å²) in [6.45, 7) is 2.92. The van der Waals surface area contributed by atoms with E-state index in [4.69, 9.17) is 0 Å². The standard InChI is InChI=1S/C12H16BrNOS/c1-8-3-4-11(16-8)12(15)14(2)7-9-5-10(13)6-9/h3-4,9-10H,5-7H2,1-2H3. The molecular weight excluding hydrogens is 286 g/mol. The molecule has 1 aromatic rings. The van der Waals surface area contributed by atoms with Crippen LogP contribution in [0.5, 0.6) is 0 Å². The molecule has 1 aliphatic rings. The van der Waals surface area contributed by atoms with Crippen molar-refractivity contribution in [1.29, 1.82) is 0 Å². The molecule has 16 heavy (non-hydrogen) atoms. The van der Waals surface area contributed by atoms with Crippen LogP contribution in [0.4, 0.5) is 0 Å². The minimum atomic E-state index is 0.163. The molecule has 2 nitrogen and oxygen atoms in total. The third-order valence-corrected chi connectivity index (χ3v) is 4.74. The van der Waals surface area contributed by atoms with Crippen LogP contribution in [0.2, 0.25) is 0 Å². The third-order valence-electron chi connectivity index (χ3n) is 3.01. The summed E-state index contributed by atoms with van der Waals surface area (Å²) >= 11 is 5.15. The van der Waals surface area contributed by atoms with Gasteiger partial charge in [0.1, 0.15) is 0 Å². The Labute approximate surface area is 109 Å². The zero-order valence-electron chi connectivity index (χ0n) is 9.57. The Morgan fingerprint density at radius 2 is 2.25 bits per heavy atom. The van der Waals surface area contributed by atoms with E-state index in [2.05, 4.69) is 15.9 Å². The van der Waals surface area contributed by atoms with Gasteiger partial charge in [-0.05, 0) is 37.8 Å².